The highest BCUT2D eigenvalue weighted by atomic mass is 32.1. The lowest BCUT2D eigenvalue weighted by Gasteiger charge is -2.04. The van der Waals surface area contributed by atoms with E-state index >= 15 is 0 Å². The Morgan fingerprint density at radius 3 is 2.86 bits per heavy atom. The summed E-state index contributed by atoms with van der Waals surface area (Å²) < 4.78 is 0. The van der Waals surface area contributed by atoms with Gasteiger partial charge in [0.25, 0.3) is 0 Å². The van der Waals surface area contributed by atoms with Crippen molar-refractivity contribution in [1.82, 2.24) is 25.5 Å². The molecule has 21 heavy (non-hydrogen) atoms. The summed E-state index contributed by atoms with van der Waals surface area (Å²) in [7, 11) is 0. The lowest BCUT2D eigenvalue weighted by molar-refractivity contribution is -0.122. The molecule has 1 N–H and O–H groups in total. The van der Waals surface area contributed by atoms with Crippen LogP contribution in [0.3, 0.4) is 0 Å². The van der Waals surface area contributed by atoms with Gasteiger partial charge in [0, 0.05) is 17.5 Å². The SMILES string of the molecule is O=C(Cn1nnc(-c2ccsc2)n1)NCc1ccccc1. The summed E-state index contributed by atoms with van der Waals surface area (Å²) in [6.07, 6.45) is 0. The van der Waals surface area contributed by atoms with E-state index in [1.165, 1.54) is 4.80 Å². The number of aromatic nitrogens is 4. The van der Waals surface area contributed by atoms with Gasteiger partial charge in [-0.2, -0.15) is 16.1 Å². The van der Waals surface area contributed by atoms with E-state index in [0.29, 0.717) is 12.4 Å². The number of nitrogens with one attached hydrogen (secondary N) is 1. The van der Waals surface area contributed by atoms with E-state index in [9.17, 15) is 4.79 Å². The van der Waals surface area contributed by atoms with Crippen molar-refractivity contribution in [3.63, 3.8) is 0 Å². The molecule has 3 aromatic rings. The summed E-state index contributed by atoms with van der Waals surface area (Å²) >= 11 is 1.57. The minimum Gasteiger partial charge on any atom is -0.350 e. The largest absolute Gasteiger partial charge is 0.350 e. The summed E-state index contributed by atoms with van der Waals surface area (Å²) in [6.45, 7) is 0.551. The normalized spacial score (nSPS) is 10.5. The number of nitrogens with zero attached hydrogens (tertiary/aromatic N) is 4. The summed E-state index contributed by atoms with van der Waals surface area (Å²) in [5, 5.41) is 18.7. The van der Waals surface area contributed by atoms with Gasteiger partial charge < -0.3 is 5.32 Å². The molecule has 0 unspecified atom stereocenters. The molecule has 6 nitrogen and oxygen atoms in total. The highest BCUT2D eigenvalue weighted by Gasteiger charge is 2.09. The van der Waals surface area contributed by atoms with Crippen molar-refractivity contribution in [1.29, 1.82) is 0 Å². The predicted molar refractivity (Wildman–Crippen MR) is 79.4 cm³/mol. The molecule has 3 rings (SSSR count). The third-order valence-corrected chi connectivity index (χ3v) is 3.53. The van der Waals surface area contributed by atoms with E-state index in [-0.39, 0.29) is 12.5 Å². The number of rotatable bonds is 5. The van der Waals surface area contributed by atoms with Crippen molar-refractivity contribution in [3.8, 4) is 11.4 Å². The van der Waals surface area contributed by atoms with Crippen LogP contribution >= 0.6 is 11.3 Å². The van der Waals surface area contributed by atoms with E-state index in [1.54, 1.807) is 11.3 Å². The zero-order valence-corrected chi connectivity index (χ0v) is 12.0. The molecule has 0 radical (unpaired) electrons. The number of carbonyl (C=O) groups is 1. The maximum atomic E-state index is 11.8. The number of thiophene rings is 1. The van der Waals surface area contributed by atoms with Crippen LogP contribution in [0.4, 0.5) is 0 Å². The molecule has 0 bridgehead atoms. The fraction of sp³-hybridized carbons (Fsp3) is 0.143. The molecule has 106 valence electrons. The zero-order valence-electron chi connectivity index (χ0n) is 11.1. The molecule has 0 aliphatic carbocycles. The van der Waals surface area contributed by atoms with Crippen LogP contribution in [0.5, 0.6) is 0 Å². The summed E-state index contributed by atoms with van der Waals surface area (Å²) in [6, 6.07) is 11.7. The first-order valence-corrected chi connectivity index (χ1v) is 7.36. The Morgan fingerprint density at radius 2 is 2.10 bits per heavy atom. The molecule has 0 fully saturated rings. The fourth-order valence-corrected chi connectivity index (χ4v) is 2.43. The summed E-state index contributed by atoms with van der Waals surface area (Å²) in [4.78, 5) is 13.1. The van der Waals surface area contributed by atoms with E-state index in [1.807, 2.05) is 47.2 Å². The zero-order chi connectivity index (χ0) is 14.5. The molecule has 0 aliphatic rings. The van der Waals surface area contributed by atoms with Crippen LogP contribution in [0.25, 0.3) is 11.4 Å². The number of carbonyl (C=O) groups excluding carboxylic acids is 1. The van der Waals surface area contributed by atoms with E-state index in [2.05, 4.69) is 20.7 Å². The molecule has 7 heteroatoms. The monoisotopic (exact) mass is 299 g/mol. The Labute approximate surface area is 125 Å². The number of hydrogen-bond donors (Lipinski definition) is 1. The van der Waals surface area contributed by atoms with Crippen molar-refractivity contribution < 1.29 is 4.79 Å². The van der Waals surface area contributed by atoms with Gasteiger partial charge in [-0.05, 0) is 22.2 Å². The van der Waals surface area contributed by atoms with Crippen LogP contribution in [0.15, 0.2) is 47.2 Å². The van der Waals surface area contributed by atoms with Crippen LogP contribution < -0.4 is 5.32 Å². The Hall–Kier alpha value is -2.54. The standard InChI is InChI=1S/C14H13N5OS/c20-13(15-8-11-4-2-1-3-5-11)9-19-17-14(16-18-19)12-6-7-21-10-12/h1-7,10H,8-9H2,(H,15,20). The van der Waals surface area contributed by atoms with Gasteiger partial charge in [0.15, 0.2) is 0 Å². The van der Waals surface area contributed by atoms with Crippen molar-refractivity contribution in [2.24, 2.45) is 0 Å². The average molecular weight is 299 g/mol. The van der Waals surface area contributed by atoms with Crippen LogP contribution in [0, 0.1) is 0 Å². The van der Waals surface area contributed by atoms with Crippen molar-refractivity contribution in [2.45, 2.75) is 13.1 Å². The number of hydrogen-bond acceptors (Lipinski definition) is 5. The van der Waals surface area contributed by atoms with Gasteiger partial charge in [0.05, 0.1) is 0 Å². The molecule has 0 saturated heterocycles. The number of benzene rings is 1. The second-order valence-corrected chi connectivity index (χ2v) is 5.20. The summed E-state index contributed by atoms with van der Waals surface area (Å²) in [5.74, 6) is 0.389. The minimum atomic E-state index is -0.145. The third kappa shape index (κ3) is 3.51. The molecule has 1 aromatic carbocycles. The molecule has 0 saturated carbocycles. The van der Waals surface area contributed by atoms with Gasteiger partial charge in [-0.3, -0.25) is 4.79 Å². The first-order valence-electron chi connectivity index (χ1n) is 6.42. The average Bonchev–Trinajstić information content (AvgIpc) is 3.17. The molecule has 0 aliphatic heterocycles. The second kappa shape index (κ2) is 6.27. The van der Waals surface area contributed by atoms with Crippen LogP contribution in [-0.2, 0) is 17.9 Å². The number of amides is 1. The lowest BCUT2D eigenvalue weighted by Crippen LogP contribution is -2.28. The Bertz CT molecular complexity index is 708. The highest BCUT2D eigenvalue weighted by Crippen LogP contribution is 2.16. The van der Waals surface area contributed by atoms with E-state index in [0.717, 1.165) is 11.1 Å². The molecule has 0 atom stereocenters. The molecular weight excluding hydrogens is 286 g/mol. The van der Waals surface area contributed by atoms with Gasteiger partial charge in [-0.25, -0.2) is 0 Å². The van der Waals surface area contributed by atoms with Crippen LogP contribution in [0.2, 0.25) is 0 Å². The Morgan fingerprint density at radius 1 is 1.24 bits per heavy atom. The summed E-state index contributed by atoms with van der Waals surface area (Å²) in [5.41, 5.74) is 1.97. The lowest BCUT2D eigenvalue weighted by atomic mass is 10.2. The molecule has 2 heterocycles. The molecular formula is C14H13N5OS. The van der Waals surface area contributed by atoms with Crippen molar-refractivity contribution in [3.05, 3.63) is 52.7 Å². The van der Waals surface area contributed by atoms with E-state index < -0.39 is 0 Å². The smallest absolute Gasteiger partial charge is 0.243 e. The van der Waals surface area contributed by atoms with Gasteiger partial charge in [-0.15, -0.1) is 10.2 Å². The maximum absolute atomic E-state index is 11.8. The molecule has 2 aromatic heterocycles. The first kappa shape index (κ1) is 13.4. The Kier molecular flexibility index (Phi) is 4.02. The quantitative estimate of drug-likeness (QED) is 0.778. The molecule has 0 spiro atoms. The molecule has 1 amide bonds. The van der Waals surface area contributed by atoms with Crippen LogP contribution in [-0.4, -0.2) is 26.1 Å². The van der Waals surface area contributed by atoms with Gasteiger partial charge >= 0.3 is 0 Å². The number of tetrazole rings is 1. The first-order chi connectivity index (χ1) is 10.3. The maximum Gasteiger partial charge on any atom is 0.243 e. The van der Waals surface area contributed by atoms with Crippen molar-refractivity contribution >= 4 is 17.2 Å². The van der Waals surface area contributed by atoms with Crippen LogP contribution in [0.1, 0.15) is 5.56 Å². The van der Waals surface area contributed by atoms with Gasteiger partial charge in [0.2, 0.25) is 11.7 Å². The van der Waals surface area contributed by atoms with Crippen molar-refractivity contribution in [2.75, 3.05) is 0 Å². The van der Waals surface area contributed by atoms with Gasteiger partial charge in [-0.1, -0.05) is 30.3 Å². The predicted octanol–water partition coefficient (Wildman–Crippen LogP) is 1.72. The van der Waals surface area contributed by atoms with E-state index in [4.69, 9.17) is 0 Å². The second-order valence-electron chi connectivity index (χ2n) is 4.42. The topological polar surface area (TPSA) is 72.7 Å². The minimum absolute atomic E-state index is 0.0595. The Balaban J connectivity index is 1.55. The third-order valence-electron chi connectivity index (χ3n) is 2.85. The highest BCUT2D eigenvalue weighted by molar-refractivity contribution is 7.08. The van der Waals surface area contributed by atoms with Gasteiger partial charge in [0.1, 0.15) is 6.54 Å². The fourth-order valence-electron chi connectivity index (χ4n) is 1.80.